The van der Waals surface area contributed by atoms with E-state index in [9.17, 15) is 0 Å². The number of rotatable bonds is 3. The van der Waals surface area contributed by atoms with Crippen LogP contribution in [0.25, 0.3) is 0 Å². The maximum atomic E-state index is 6.06. The smallest absolute Gasteiger partial charge is 0.0947 e. The largest absolute Gasteiger partial charge is 0.340 e. The van der Waals surface area contributed by atoms with Crippen LogP contribution in [0.2, 0.25) is 0 Å². The molecule has 0 saturated heterocycles. The second kappa shape index (κ2) is 4.28. The molecule has 3 nitrogen and oxygen atoms in total. The van der Waals surface area contributed by atoms with Crippen LogP contribution in [0.5, 0.6) is 0 Å². The molecule has 0 spiro atoms. The van der Waals surface area contributed by atoms with Crippen molar-refractivity contribution in [1.82, 2.24) is 9.55 Å². The molecule has 3 heteroatoms. The number of nitrogens with two attached hydrogens (primary N) is 1. The molecule has 78 valence electrons. The average molecular weight is 201 g/mol. The minimum absolute atomic E-state index is 0.0198. The number of hydrogen-bond acceptors (Lipinski definition) is 2. The minimum atomic E-state index is -0.0198. The number of aromatic nitrogens is 2. The molecule has 0 bridgehead atoms. The predicted molar refractivity (Wildman–Crippen MR) is 60.3 cm³/mol. The molecule has 2 rings (SSSR count). The lowest BCUT2D eigenvalue weighted by Crippen LogP contribution is -2.13. The quantitative estimate of drug-likeness (QED) is 0.820. The third kappa shape index (κ3) is 2.44. The lowest BCUT2D eigenvalue weighted by atomic mass is 10.1. The van der Waals surface area contributed by atoms with Crippen LogP contribution in [0.3, 0.4) is 0 Å². The highest BCUT2D eigenvalue weighted by atomic mass is 15.0. The Hall–Kier alpha value is -1.61. The summed E-state index contributed by atoms with van der Waals surface area (Å²) in [6.07, 6.45) is 4.58. The van der Waals surface area contributed by atoms with Gasteiger partial charge in [0.25, 0.3) is 0 Å². The van der Waals surface area contributed by atoms with Gasteiger partial charge in [-0.25, -0.2) is 4.98 Å². The summed E-state index contributed by atoms with van der Waals surface area (Å²) >= 11 is 0. The van der Waals surface area contributed by atoms with Crippen molar-refractivity contribution in [1.29, 1.82) is 0 Å². The first-order valence-corrected chi connectivity index (χ1v) is 5.03. The third-order valence-electron chi connectivity index (χ3n) is 2.40. The number of hydrogen-bond donors (Lipinski definition) is 1. The third-order valence-corrected chi connectivity index (χ3v) is 2.40. The Kier molecular flexibility index (Phi) is 2.83. The Bertz CT molecular complexity index is 419. The van der Waals surface area contributed by atoms with Gasteiger partial charge in [-0.2, -0.15) is 0 Å². The van der Waals surface area contributed by atoms with Crippen molar-refractivity contribution < 1.29 is 0 Å². The van der Waals surface area contributed by atoms with E-state index in [1.807, 2.05) is 36.0 Å². The maximum absolute atomic E-state index is 6.06. The van der Waals surface area contributed by atoms with Gasteiger partial charge in [-0.3, -0.25) is 0 Å². The monoisotopic (exact) mass is 201 g/mol. The van der Waals surface area contributed by atoms with E-state index < -0.39 is 0 Å². The van der Waals surface area contributed by atoms with Gasteiger partial charge in [-0.05, 0) is 12.0 Å². The normalized spacial score (nSPS) is 12.7. The van der Waals surface area contributed by atoms with Gasteiger partial charge in [0.05, 0.1) is 18.1 Å². The van der Waals surface area contributed by atoms with E-state index in [4.69, 9.17) is 5.73 Å². The van der Waals surface area contributed by atoms with Crippen molar-refractivity contribution >= 4 is 0 Å². The molecule has 1 aromatic heterocycles. The second-order valence-corrected chi connectivity index (χ2v) is 3.76. The summed E-state index contributed by atoms with van der Waals surface area (Å²) in [6, 6.07) is 10.2. The standard InChI is InChI=1S/C12H15N3/c1-15-8-12(14-9-15)11(13)7-10-5-3-2-4-6-10/h2-6,8-9,11H,7,13H2,1H3. The molecule has 0 aliphatic heterocycles. The molecule has 1 atom stereocenters. The molecule has 2 aromatic rings. The summed E-state index contributed by atoms with van der Waals surface area (Å²) in [6.45, 7) is 0. The molecule has 0 saturated carbocycles. The molecule has 0 aliphatic carbocycles. The first-order chi connectivity index (χ1) is 7.25. The molecule has 1 unspecified atom stereocenters. The van der Waals surface area contributed by atoms with E-state index in [2.05, 4.69) is 17.1 Å². The molecule has 2 N–H and O–H groups in total. The van der Waals surface area contributed by atoms with Gasteiger partial charge in [0, 0.05) is 13.2 Å². The predicted octanol–water partition coefficient (Wildman–Crippen LogP) is 1.66. The van der Waals surface area contributed by atoms with Crippen LogP contribution in [-0.2, 0) is 13.5 Å². The number of nitrogens with zero attached hydrogens (tertiary/aromatic N) is 2. The van der Waals surface area contributed by atoms with E-state index in [0.717, 1.165) is 12.1 Å². The fourth-order valence-corrected chi connectivity index (χ4v) is 1.60. The lowest BCUT2D eigenvalue weighted by molar-refractivity contribution is 0.700. The molecule has 0 aliphatic rings. The first kappa shape index (κ1) is 9.93. The topological polar surface area (TPSA) is 43.8 Å². The lowest BCUT2D eigenvalue weighted by Gasteiger charge is -2.08. The highest BCUT2D eigenvalue weighted by Gasteiger charge is 2.08. The SMILES string of the molecule is Cn1cnc(C(N)Cc2ccccc2)c1. The second-order valence-electron chi connectivity index (χ2n) is 3.76. The molecule has 15 heavy (non-hydrogen) atoms. The van der Waals surface area contributed by atoms with E-state index in [1.165, 1.54) is 5.56 Å². The zero-order valence-electron chi connectivity index (χ0n) is 8.80. The van der Waals surface area contributed by atoms with Crippen LogP contribution < -0.4 is 5.73 Å². The van der Waals surface area contributed by atoms with Crippen molar-refractivity contribution in [2.24, 2.45) is 12.8 Å². The molecule has 0 fully saturated rings. The minimum Gasteiger partial charge on any atom is -0.340 e. The van der Waals surface area contributed by atoms with Crippen LogP contribution in [0, 0.1) is 0 Å². The van der Waals surface area contributed by atoms with Gasteiger partial charge in [0.1, 0.15) is 0 Å². The summed E-state index contributed by atoms with van der Waals surface area (Å²) in [5.41, 5.74) is 8.26. The van der Waals surface area contributed by atoms with Crippen LogP contribution in [0.15, 0.2) is 42.9 Å². The van der Waals surface area contributed by atoms with Crippen LogP contribution in [0.4, 0.5) is 0 Å². The number of imidazole rings is 1. The Labute approximate surface area is 89.6 Å². The highest BCUT2D eigenvalue weighted by molar-refractivity contribution is 5.18. The van der Waals surface area contributed by atoms with Gasteiger partial charge in [-0.1, -0.05) is 30.3 Å². The number of benzene rings is 1. The molecule has 0 amide bonds. The van der Waals surface area contributed by atoms with Crippen LogP contribution in [0.1, 0.15) is 17.3 Å². The van der Waals surface area contributed by atoms with Crippen LogP contribution in [-0.4, -0.2) is 9.55 Å². The van der Waals surface area contributed by atoms with Crippen molar-refractivity contribution in [3.05, 3.63) is 54.1 Å². The Morgan fingerprint density at radius 2 is 2.07 bits per heavy atom. The zero-order valence-corrected chi connectivity index (χ0v) is 8.80. The van der Waals surface area contributed by atoms with E-state index in [0.29, 0.717) is 0 Å². The average Bonchev–Trinajstić information content (AvgIpc) is 2.66. The summed E-state index contributed by atoms with van der Waals surface area (Å²) < 4.78 is 1.92. The molecule has 1 aromatic carbocycles. The van der Waals surface area contributed by atoms with Crippen molar-refractivity contribution in [2.75, 3.05) is 0 Å². The molecule has 0 radical (unpaired) electrons. The summed E-state index contributed by atoms with van der Waals surface area (Å²) in [5.74, 6) is 0. The van der Waals surface area contributed by atoms with E-state index in [1.54, 1.807) is 6.33 Å². The zero-order chi connectivity index (χ0) is 10.7. The van der Waals surface area contributed by atoms with Gasteiger partial charge >= 0.3 is 0 Å². The van der Waals surface area contributed by atoms with Gasteiger partial charge in [0.2, 0.25) is 0 Å². The Morgan fingerprint density at radius 3 is 2.67 bits per heavy atom. The van der Waals surface area contributed by atoms with Crippen LogP contribution >= 0.6 is 0 Å². The molecular weight excluding hydrogens is 186 g/mol. The van der Waals surface area contributed by atoms with Gasteiger partial charge in [-0.15, -0.1) is 0 Å². The fourth-order valence-electron chi connectivity index (χ4n) is 1.60. The summed E-state index contributed by atoms with van der Waals surface area (Å²) in [7, 11) is 1.95. The van der Waals surface area contributed by atoms with Gasteiger partial charge in [0.15, 0.2) is 0 Å². The maximum Gasteiger partial charge on any atom is 0.0947 e. The summed E-state index contributed by atoms with van der Waals surface area (Å²) in [4.78, 5) is 4.25. The summed E-state index contributed by atoms with van der Waals surface area (Å²) in [5, 5.41) is 0. The van der Waals surface area contributed by atoms with E-state index in [-0.39, 0.29) is 6.04 Å². The van der Waals surface area contributed by atoms with E-state index >= 15 is 0 Å². The molecular formula is C12H15N3. The van der Waals surface area contributed by atoms with Crippen molar-refractivity contribution in [2.45, 2.75) is 12.5 Å². The number of aryl methyl sites for hydroxylation is 1. The Balaban J connectivity index is 2.07. The first-order valence-electron chi connectivity index (χ1n) is 5.03. The van der Waals surface area contributed by atoms with Gasteiger partial charge < -0.3 is 10.3 Å². The fraction of sp³-hybridized carbons (Fsp3) is 0.250. The van der Waals surface area contributed by atoms with Crippen molar-refractivity contribution in [3.8, 4) is 0 Å². The Morgan fingerprint density at radius 1 is 1.33 bits per heavy atom. The van der Waals surface area contributed by atoms with Crippen molar-refractivity contribution in [3.63, 3.8) is 0 Å². The highest BCUT2D eigenvalue weighted by Crippen LogP contribution is 2.13. The molecule has 1 heterocycles.